The van der Waals surface area contributed by atoms with Crippen LogP contribution in [-0.2, 0) is 4.79 Å². The van der Waals surface area contributed by atoms with Gasteiger partial charge in [0.05, 0.1) is 11.8 Å². The van der Waals surface area contributed by atoms with Crippen LogP contribution in [0, 0.1) is 0 Å². The Balaban J connectivity index is 2.17. The van der Waals surface area contributed by atoms with Crippen LogP contribution in [0.1, 0.15) is 10.4 Å². The molecule has 1 aliphatic rings. The fourth-order valence-corrected chi connectivity index (χ4v) is 2.64. The van der Waals surface area contributed by atoms with E-state index in [0.29, 0.717) is 17.9 Å². The number of carbonyl (C=O) groups excluding carboxylic acids is 1. The molecule has 1 amide bonds. The molecule has 0 bridgehead atoms. The second-order valence-electron chi connectivity index (χ2n) is 3.44. The van der Waals surface area contributed by atoms with Gasteiger partial charge in [0.2, 0.25) is 0 Å². The van der Waals surface area contributed by atoms with E-state index in [9.17, 15) is 9.59 Å². The first-order valence-electron chi connectivity index (χ1n) is 4.84. The van der Waals surface area contributed by atoms with E-state index in [2.05, 4.69) is 0 Å². The number of aliphatic carboxylic acids is 1. The number of carboxylic acids is 1. The van der Waals surface area contributed by atoms with Crippen molar-refractivity contribution >= 4 is 23.6 Å². The molecule has 1 aromatic rings. The van der Waals surface area contributed by atoms with Gasteiger partial charge in [-0.05, 0) is 6.07 Å². The normalized spacial score (nSPS) is 20.8. The van der Waals surface area contributed by atoms with E-state index in [1.807, 2.05) is 0 Å². The number of furan rings is 1. The van der Waals surface area contributed by atoms with Gasteiger partial charge in [0.15, 0.2) is 0 Å². The van der Waals surface area contributed by atoms with Gasteiger partial charge in [-0.1, -0.05) is 0 Å². The van der Waals surface area contributed by atoms with E-state index < -0.39 is 12.0 Å². The van der Waals surface area contributed by atoms with Gasteiger partial charge in [0.1, 0.15) is 12.3 Å². The van der Waals surface area contributed by atoms with Crippen LogP contribution in [0.4, 0.5) is 0 Å². The molecule has 1 fully saturated rings. The standard InChI is InChI=1S/C10H11NO4S/c12-9(7-1-3-15-5-7)11-2-4-16-6-8(11)10(13)14/h1,3,5,8H,2,4,6H2,(H,13,14). The van der Waals surface area contributed by atoms with Crippen LogP contribution >= 0.6 is 11.8 Å². The lowest BCUT2D eigenvalue weighted by atomic mass is 10.2. The molecule has 1 unspecified atom stereocenters. The van der Waals surface area contributed by atoms with Crippen molar-refractivity contribution in [2.45, 2.75) is 6.04 Å². The second-order valence-corrected chi connectivity index (χ2v) is 4.59. The number of carbonyl (C=O) groups is 2. The number of rotatable bonds is 2. The maximum absolute atomic E-state index is 12.0. The zero-order valence-corrected chi connectivity index (χ0v) is 9.27. The predicted octanol–water partition coefficient (Wildman–Crippen LogP) is 0.922. The maximum Gasteiger partial charge on any atom is 0.327 e. The Morgan fingerprint density at radius 1 is 1.56 bits per heavy atom. The topological polar surface area (TPSA) is 70.8 Å². The molecule has 1 atom stereocenters. The molecule has 0 aliphatic carbocycles. The Labute approximate surface area is 96.4 Å². The zero-order valence-electron chi connectivity index (χ0n) is 8.46. The van der Waals surface area contributed by atoms with Gasteiger partial charge >= 0.3 is 5.97 Å². The van der Waals surface area contributed by atoms with Crippen molar-refractivity contribution in [3.8, 4) is 0 Å². The molecule has 0 aromatic carbocycles. The summed E-state index contributed by atoms with van der Waals surface area (Å²) in [6, 6.07) is 0.810. The molecule has 2 heterocycles. The highest BCUT2D eigenvalue weighted by Crippen LogP contribution is 2.19. The smallest absolute Gasteiger partial charge is 0.327 e. The molecule has 0 saturated carbocycles. The van der Waals surface area contributed by atoms with Gasteiger partial charge < -0.3 is 14.4 Å². The van der Waals surface area contributed by atoms with Gasteiger partial charge in [0.25, 0.3) is 5.91 Å². The van der Waals surface area contributed by atoms with Crippen LogP contribution in [-0.4, -0.2) is 46.0 Å². The summed E-state index contributed by atoms with van der Waals surface area (Å²) in [5.41, 5.74) is 0.401. The monoisotopic (exact) mass is 241 g/mol. The third-order valence-electron chi connectivity index (χ3n) is 2.44. The molecular formula is C10H11NO4S. The van der Waals surface area contributed by atoms with Gasteiger partial charge in [-0.25, -0.2) is 4.79 Å². The SMILES string of the molecule is O=C(O)C1CSCCN1C(=O)c1ccoc1. The minimum atomic E-state index is -0.955. The van der Waals surface area contributed by atoms with E-state index in [1.165, 1.54) is 17.4 Å². The number of thioether (sulfide) groups is 1. The van der Waals surface area contributed by atoms with Crippen molar-refractivity contribution in [1.82, 2.24) is 4.90 Å². The van der Waals surface area contributed by atoms with E-state index in [1.54, 1.807) is 17.8 Å². The third-order valence-corrected chi connectivity index (χ3v) is 3.47. The van der Waals surface area contributed by atoms with Crippen molar-refractivity contribution in [2.24, 2.45) is 0 Å². The average Bonchev–Trinajstić information content (AvgIpc) is 2.81. The van der Waals surface area contributed by atoms with Crippen LogP contribution in [0.15, 0.2) is 23.0 Å². The lowest BCUT2D eigenvalue weighted by Crippen LogP contribution is -2.50. The largest absolute Gasteiger partial charge is 0.480 e. The molecule has 6 heteroatoms. The fourth-order valence-electron chi connectivity index (χ4n) is 1.60. The number of amides is 1. The Hall–Kier alpha value is -1.43. The molecule has 86 valence electrons. The third kappa shape index (κ3) is 2.06. The highest BCUT2D eigenvalue weighted by Gasteiger charge is 2.33. The summed E-state index contributed by atoms with van der Waals surface area (Å²) in [6.07, 6.45) is 2.74. The molecule has 16 heavy (non-hydrogen) atoms. The molecule has 0 spiro atoms. The molecule has 1 aliphatic heterocycles. The molecule has 1 saturated heterocycles. The summed E-state index contributed by atoms with van der Waals surface area (Å²) < 4.78 is 4.82. The number of carboxylic acid groups (broad SMARTS) is 1. The van der Waals surface area contributed by atoms with Crippen LogP contribution in [0.25, 0.3) is 0 Å². The lowest BCUT2D eigenvalue weighted by molar-refractivity contribution is -0.141. The highest BCUT2D eigenvalue weighted by atomic mass is 32.2. The zero-order chi connectivity index (χ0) is 11.5. The molecule has 0 radical (unpaired) electrons. The first-order valence-corrected chi connectivity index (χ1v) is 5.99. The van der Waals surface area contributed by atoms with E-state index >= 15 is 0 Å². The molecule has 2 rings (SSSR count). The number of nitrogens with zero attached hydrogens (tertiary/aromatic N) is 1. The van der Waals surface area contributed by atoms with Crippen LogP contribution in [0.5, 0.6) is 0 Å². The number of hydrogen-bond donors (Lipinski definition) is 1. The minimum absolute atomic E-state index is 0.276. The van der Waals surface area contributed by atoms with E-state index in [4.69, 9.17) is 9.52 Å². The van der Waals surface area contributed by atoms with Crippen LogP contribution < -0.4 is 0 Å². The number of hydrogen-bond acceptors (Lipinski definition) is 4. The summed E-state index contributed by atoms with van der Waals surface area (Å²) in [4.78, 5) is 24.4. The predicted molar refractivity (Wildman–Crippen MR) is 58.5 cm³/mol. The minimum Gasteiger partial charge on any atom is -0.480 e. The molecular weight excluding hydrogens is 230 g/mol. The summed E-state index contributed by atoms with van der Waals surface area (Å²) in [6.45, 7) is 0.464. The first-order chi connectivity index (χ1) is 7.70. The summed E-state index contributed by atoms with van der Waals surface area (Å²) in [7, 11) is 0. The van der Waals surface area contributed by atoms with Gasteiger partial charge in [-0.15, -0.1) is 0 Å². The summed E-state index contributed by atoms with van der Waals surface area (Å²) in [5, 5.41) is 9.02. The van der Waals surface area contributed by atoms with Gasteiger partial charge in [0, 0.05) is 18.1 Å². The Bertz CT molecular complexity index is 390. The van der Waals surface area contributed by atoms with Crippen LogP contribution in [0.3, 0.4) is 0 Å². The fraction of sp³-hybridized carbons (Fsp3) is 0.400. The first kappa shape index (κ1) is 11.1. The van der Waals surface area contributed by atoms with Gasteiger partial charge in [-0.2, -0.15) is 11.8 Å². The summed E-state index contributed by atoms with van der Waals surface area (Å²) in [5.74, 6) is -0.0164. The van der Waals surface area contributed by atoms with Crippen molar-refractivity contribution < 1.29 is 19.1 Å². The van der Waals surface area contributed by atoms with Crippen molar-refractivity contribution in [2.75, 3.05) is 18.1 Å². The van der Waals surface area contributed by atoms with Crippen molar-refractivity contribution in [1.29, 1.82) is 0 Å². The van der Waals surface area contributed by atoms with E-state index in [-0.39, 0.29) is 5.91 Å². The van der Waals surface area contributed by atoms with Crippen LogP contribution in [0.2, 0.25) is 0 Å². The van der Waals surface area contributed by atoms with Gasteiger partial charge in [-0.3, -0.25) is 4.79 Å². The quantitative estimate of drug-likeness (QED) is 0.833. The summed E-state index contributed by atoms with van der Waals surface area (Å²) >= 11 is 1.55. The average molecular weight is 241 g/mol. The Morgan fingerprint density at radius 3 is 3.00 bits per heavy atom. The second kappa shape index (κ2) is 4.61. The molecule has 1 N–H and O–H groups in total. The lowest BCUT2D eigenvalue weighted by Gasteiger charge is -2.32. The Kier molecular flexibility index (Phi) is 3.19. The van der Waals surface area contributed by atoms with E-state index in [0.717, 1.165) is 5.75 Å². The molecule has 1 aromatic heterocycles. The highest BCUT2D eigenvalue weighted by molar-refractivity contribution is 7.99. The van der Waals surface area contributed by atoms with Crippen molar-refractivity contribution in [3.05, 3.63) is 24.2 Å². The van der Waals surface area contributed by atoms with Crippen molar-refractivity contribution in [3.63, 3.8) is 0 Å². The maximum atomic E-state index is 12.0. The Morgan fingerprint density at radius 2 is 2.38 bits per heavy atom. The molecule has 5 nitrogen and oxygen atoms in total.